The average Bonchev–Trinajstić information content (AvgIpc) is 2.69. The molecule has 0 radical (unpaired) electrons. The van der Waals surface area contributed by atoms with Crippen LogP contribution in [0, 0.1) is 0 Å². The van der Waals surface area contributed by atoms with Gasteiger partial charge in [-0.05, 0) is 37.5 Å². The van der Waals surface area contributed by atoms with Crippen molar-refractivity contribution in [1.82, 2.24) is 9.47 Å². The van der Waals surface area contributed by atoms with Crippen molar-refractivity contribution >= 4 is 16.7 Å². The van der Waals surface area contributed by atoms with Crippen molar-refractivity contribution in [3.05, 3.63) is 34.7 Å². The van der Waals surface area contributed by atoms with E-state index in [9.17, 15) is 9.59 Å². The molecule has 1 fully saturated rings. The van der Waals surface area contributed by atoms with Gasteiger partial charge in [-0.2, -0.15) is 0 Å². The second kappa shape index (κ2) is 8.43. The van der Waals surface area contributed by atoms with Gasteiger partial charge < -0.3 is 23.7 Å². The van der Waals surface area contributed by atoms with Gasteiger partial charge in [-0.3, -0.25) is 9.59 Å². The molecule has 7 nitrogen and oxygen atoms in total. The summed E-state index contributed by atoms with van der Waals surface area (Å²) in [5.41, 5.74) is -0.232. The standard InChI is InChI=1S/C20H26N2O5/c1-21(12-14-6-4-5-11-27-14)18(23)13-22-10-9-15-16(20(22)24)7-8-17(25-2)19(15)26-3/h7-10,14H,4-6,11-13H2,1-3H3/t14-/m0/s1. The minimum Gasteiger partial charge on any atom is -0.493 e. The molecule has 2 heterocycles. The van der Waals surface area contributed by atoms with Gasteiger partial charge in [0.25, 0.3) is 5.56 Å². The molecule has 3 rings (SSSR count). The molecule has 0 spiro atoms. The third-order valence-corrected chi connectivity index (χ3v) is 4.98. The first-order valence-corrected chi connectivity index (χ1v) is 9.15. The van der Waals surface area contributed by atoms with E-state index in [0.29, 0.717) is 28.8 Å². The van der Waals surface area contributed by atoms with Gasteiger partial charge in [0.05, 0.1) is 25.7 Å². The number of nitrogens with zero attached hydrogens (tertiary/aromatic N) is 2. The molecule has 1 atom stereocenters. The highest BCUT2D eigenvalue weighted by Crippen LogP contribution is 2.33. The van der Waals surface area contributed by atoms with Crippen LogP contribution >= 0.6 is 0 Å². The number of ether oxygens (including phenoxy) is 3. The Labute approximate surface area is 158 Å². The van der Waals surface area contributed by atoms with Crippen molar-refractivity contribution in [3.63, 3.8) is 0 Å². The Kier molecular flexibility index (Phi) is 6.01. The number of hydrogen-bond acceptors (Lipinski definition) is 5. The average molecular weight is 374 g/mol. The summed E-state index contributed by atoms with van der Waals surface area (Å²) in [6.07, 6.45) is 4.87. The molecule has 0 bridgehead atoms. The Morgan fingerprint density at radius 2 is 2.04 bits per heavy atom. The van der Waals surface area contributed by atoms with Gasteiger partial charge in [0, 0.05) is 31.8 Å². The number of likely N-dealkylation sites (N-methyl/N-ethyl adjacent to an activating group) is 1. The lowest BCUT2D eigenvalue weighted by Crippen LogP contribution is -2.40. The SMILES string of the molecule is COc1ccc2c(=O)n(CC(=O)N(C)C[C@@H]3CCCCO3)ccc2c1OC. The van der Waals surface area contributed by atoms with E-state index < -0.39 is 0 Å². The van der Waals surface area contributed by atoms with Crippen LogP contribution in [0.1, 0.15) is 19.3 Å². The lowest BCUT2D eigenvalue weighted by Gasteiger charge is -2.27. The van der Waals surface area contributed by atoms with Gasteiger partial charge in [0.1, 0.15) is 6.54 Å². The summed E-state index contributed by atoms with van der Waals surface area (Å²) in [5, 5.41) is 1.15. The van der Waals surface area contributed by atoms with Crippen LogP contribution in [0.5, 0.6) is 11.5 Å². The van der Waals surface area contributed by atoms with E-state index in [-0.39, 0.29) is 24.1 Å². The Bertz CT molecular complexity index is 871. The predicted molar refractivity (Wildman–Crippen MR) is 103 cm³/mol. The van der Waals surface area contributed by atoms with Crippen molar-refractivity contribution in [2.75, 3.05) is 34.4 Å². The van der Waals surface area contributed by atoms with Crippen LogP contribution in [0.15, 0.2) is 29.2 Å². The van der Waals surface area contributed by atoms with Crippen LogP contribution in [-0.4, -0.2) is 55.9 Å². The molecule has 2 aromatic rings. The maximum absolute atomic E-state index is 12.8. The molecule has 27 heavy (non-hydrogen) atoms. The number of rotatable bonds is 6. The molecule has 1 aromatic carbocycles. The lowest BCUT2D eigenvalue weighted by molar-refractivity contribution is -0.133. The Morgan fingerprint density at radius 3 is 2.70 bits per heavy atom. The second-order valence-electron chi connectivity index (χ2n) is 6.77. The summed E-state index contributed by atoms with van der Waals surface area (Å²) in [5.74, 6) is 0.952. The largest absolute Gasteiger partial charge is 0.493 e. The number of amides is 1. The molecule has 0 saturated carbocycles. The van der Waals surface area contributed by atoms with Gasteiger partial charge >= 0.3 is 0 Å². The Hall–Kier alpha value is -2.54. The van der Waals surface area contributed by atoms with E-state index in [2.05, 4.69) is 0 Å². The fraction of sp³-hybridized carbons (Fsp3) is 0.500. The minimum absolute atomic E-state index is 0.00760. The second-order valence-corrected chi connectivity index (χ2v) is 6.77. The monoisotopic (exact) mass is 374 g/mol. The van der Waals surface area contributed by atoms with E-state index in [1.165, 1.54) is 11.7 Å². The van der Waals surface area contributed by atoms with Crippen molar-refractivity contribution in [2.24, 2.45) is 0 Å². The van der Waals surface area contributed by atoms with Crippen molar-refractivity contribution in [3.8, 4) is 11.5 Å². The van der Waals surface area contributed by atoms with E-state index in [1.54, 1.807) is 43.5 Å². The lowest BCUT2D eigenvalue weighted by atomic mass is 10.1. The molecule has 0 N–H and O–H groups in total. The van der Waals surface area contributed by atoms with Crippen LogP contribution in [-0.2, 0) is 16.1 Å². The van der Waals surface area contributed by atoms with Crippen LogP contribution in [0.3, 0.4) is 0 Å². The summed E-state index contributed by atoms with van der Waals surface area (Å²) in [4.78, 5) is 27.0. The zero-order valence-corrected chi connectivity index (χ0v) is 16.1. The molecule has 1 aliphatic rings. The molecule has 1 aliphatic heterocycles. The normalized spacial score (nSPS) is 16.9. The van der Waals surface area contributed by atoms with Gasteiger partial charge in [-0.15, -0.1) is 0 Å². The zero-order chi connectivity index (χ0) is 19.4. The van der Waals surface area contributed by atoms with Crippen LogP contribution < -0.4 is 15.0 Å². The highest BCUT2D eigenvalue weighted by molar-refractivity contribution is 5.90. The molecule has 1 aromatic heterocycles. The molecule has 1 amide bonds. The first kappa shape index (κ1) is 19.2. The van der Waals surface area contributed by atoms with Gasteiger partial charge in [-0.25, -0.2) is 0 Å². The number of benzene rings is 1. The molecule has 7 heteroatoms. The van der Waals surface area contributed by atoms with Gasteiger partial charge in [-0.1, -0.05) is 0 Å². The van der Waals surface area contributed by atoms with E-state index >= 15 is 0 Å². The van der Waals surface area contributed by atoms with Crippen molar-refractivity contribution in [1.29, 1.82) is 0 Å². The highest BCUT2D eigenvalue weighted by Gasteiger charge is 2.20. The number of pyridine rings is 1. The summed E-state index contributed by atoms with van der Waals surface area (Å²) >= 11 is 0. The van der Waals surface area contributed by atoms with Gasteiger partial charge in [0.2, 0.25) is 5.91 Å². The summed E-state index contributed by atoms with van der Waals surface area (Å²) in [6.45, 7) is 1.29. The fourth-order valence-electron chi connectivity index (χ4n) is 3.44. The Balaban J connectivity index is 1.79. The smallest absolute Gasteiger partial charge is 0.259 e. The minimum atomic E-state index is -0.232. The number of aromatic nitrogens is 1. The maximum Gasteiger partial charge on any atom is 0.259 e. The topological polar surface area (TPSA) is 70.0 Å². The van der Waals surface area contributed by atoms with E-state index in [1.807, 2.05) is 0 Å². The first-order valence-electron chi connectivity index (χ1n) is 9.15. The van der Waals surface area contributed by atoms with Crippen molar-refractivity contribution in [2.45, 2.75) is 31.9 Å². The number of fused-ring (bicyclic) bond motifs is 1. The number of hydrogen-bond donors (Lipinski definition) is 0. The molecule has 146 valence electrons. The summed E-state index contributed by atoms with van der Waals surface area (Å²) in [6, 6.07) is 5.16. The number of carbonyl (C=O) groups is 1. The van der Waals surface area contributed by atoms with Gasteiger partial charge in [0.15, 0.2) is 11.5 Å². The zero-order valence-electron chi connectivity index (χ0n) is 16.1. The summed E-state index contributed by atoms with van der Waals surface area (Å²) < 4.78 is 17.8. The fourth-order valence-corrected chi connectivity index (χ4v) is 3.44. The van der Waals surface area contributed by atoms with Crippen LogP contribution in [0.25, 0.3) is 10.8 Å². The quantitative estimate of drug-likeness (QED) is 0.774. The molecule has 0 unspecified atom stereocenters. The van der Waals surface area contributed by atoms with Crippen LogP contribution in [0.4, 0.5) is 0 Å². The molecule has 0 aliphatic carbocycles. The number of methoxy groups -OCH3 is 2. The van der Waals surface area contributed by atoms with Crippen LogP contribution in [0.2, 0.25) is 0 Å². The predicted octanol–water partition coefficient (Wildman–Crippen LogP) is 2.05. The summed E-state index contributed by atoms with van der Waals surface area (Å²) in [7, 11) is 4.84. The Morgan fingerprint density at radius 1 is 1.22 bits per heavy atom. The molecular weight excluding hydrogens is 348 g/mol. The molecular formula is C20H26N2O5. The number of carbonyl (C=O) groups excluding carboxylic acids is 1. The van der Waals surface area contributed by atoms with E-state index in [0.717, 1.165) is 25.9 Å². The maximum atomic E-state index is 12.8. The first-order chi connectivity index (χ1) is 13.0. The third-order valence-electron chi connectivity index (χ3n) is 4.98. The molecule has 1 saturated heterocycles. The van der Waals surface area contributed by atoms with Crippen molar-refractivity contribution < 1.29 is 19.0 Å². The van der Waals surface area contributed by atoms with E-state index in [4.69, 9.17) is 14.2 Å². The third kappa shape index (κ3) is 4.08. The highest BCUT2D eigenvalue weighted by atomic mass is 16.5.